The minimum absolute atomic E-state index is 0.184. The summed E-state index contributed by atoms with van der Waals surface area (Å²) in [5.41, 5.74) is 0. The molecule has 0 unspecified atom stereocenters. The normalized spacial score (nSPS) is 17.5. The highest BCUT2D eigenvalue weighted by Gasteiger charge is 2.15. The second-order valence-corrected chi connectivity index (χ2v) is 7.45. The van der Waals surface area contributed by atoms with Crippen LogP contribution in [0.4, 0.5) is 0 Å². The average molecular weight is 281 g/mol. The van der Waals surface area contributed by atoms with Crippen LogP contribution in [-0.4, -0.2) is 27.3 Å². The maximum Gasteiger partial charge on any atom is 0.179 e. The summed E-state index contributed by atoms with van der Waals surface area (Å²) in [6.45, 7) is 1.51. The zero-order valence-electron chi connectivity index (χ0n) is 11.3. The van der Waals surface area contributed by atoms with Gasteiger partial charge in [-0.15, -0.1) is 0 Å². The van der Waals surface area contributed by atoms with E-state index in [1.54, 1.807) is 24.3 Å². The van der Waals surface area contributed by atoms with Gasteiger partial charge in [-0.1, -0.05) is 37.5 Å². The average Bonchev–Trinajstić information content (AvgIpc) is 2.46. The summed E-state index contributed by atoms with van der Waals surface area (Å²) in [6, 6.07) is 8.69. The Hall–Kier alpha value is -0.870. The van der Waals surface area contributed by atoms with Gasteiger partial charge in [0.2, 0.25) is 0 Å². The van der Waals surface area contributed by atoms with Crippen LogP contribution in [0.15, 0.2) is 35.2 Å². The first-order valence-corrected chi connectivity index (χ1v) is 8.82. The highest BCUT2D eigenvalue weighted by molar-refractivity contribution is 7.91. The van der Waals surface area contributed by atoms with E-state index in [0.717, 1.165) is 12.5 Å². The van der Waals surface area contributed by atoms with E-state index in [9.17, 15) is 8.42 Å². The Balaban J connectivity index is 1.73. The van der Waals surface area contributed by atoms with Gasteiger partial charge < -0.3 is 5.32 Å². The lowest BCUT2D eigenvalue weighted by Crippen LogP contribution is -2.29. The first kappa shape index (κ1) is 14.5. The van der Waals surface area contributed by atoms with Crippen molar-refractivity contribution in [1.29, 1.82) is 0 Å². The summed E-state index contributed by atoms with van der Waals surface area (Å²) >= 11 is 0. The minimum atomic E-state index is -3.13. The van der Waals surface area contributed by atoms with Crippen LogP contribution in [0.25, 0.3) is 0 Å². The van der Waals surface area contributed by atoms with Crippen molar-refractivity contribution in [3.8, 4) is 0 Å². The Morgan fingerprint density at radius 1 is 1.05 bits per heavy atom. The zero-order chi connectivity index (χ0) is 13.6. The third-order valence-corrected chi connectivity index (χ3v) is 5.54. The van der Waals surface area contributed by atoms with E-state index >= 15 is 0 Å². The molecular formula is C15H23NO2S. The smallest absolute Gasteiger partial charge is 0.179 e. The molecule has 4 heteroatoms. The largest absolute Gasteiger partial charge is 0.315 e. The molecule has 0 saturated heterocycles. The summed E-state index contributed by atoms with van der Waals surface area (Å²) in [5, 5.41) is 3.30. The first-order chi connectivity index (χ1) is 9.18. The maximum absolute atomic E-state index is 12.0. The molecule has 0 atom stereocenters. The van der Waals surface area contributed by atoms with Gasteiger partial charge in [0.15, 0.2) is 9.84 Å². The molecule has 0 aliphatic heterocycles. The lowest BCUT2D eigenvalue weighted by atomic mass is 9.89. The fourth-order valence-electron chi connectivity index (χ4n) is 2.65. The molecule has 106 valence electrons. The molecule has 0 amide bonds. The van der Waals surface area contributed by atoms with Crippen molar-refractivity contribution < 1.29 is 8.42 Å². The van der Waals surface area contributed by atoms with Crippen molar-refractivity contribution in [2.24, 2.45) is 5.92 Å². The second-order valence-electron chi connectivity index (χ2n) is 5.34. The van der Waals surface area contributed by atoms with Crippen molar-refractivity contribution >= 4 is 9.84 Å². The van der Waals surface area contributed by atoms with Gasteiger partial charge in [-0.2, -0.15) is 0 Å². The molecule has 0 bridgehead atoms. The van der Waals surface area contributed by atoms with Gasteiger partial charge in [0.05, 0.1) is 10.6 Å². The van der Waals surface area contributed by atoms with Crippen LogP contribution in [0, 0.1) is 5.92 Å². The monoisotopic (exact) mass is 281 g/mol. The van der Waals surface area contributed by atoms with Gasteiger partial charge in [-0.05, 0) is 37.4 Å². The Morgan fingerprint density at radius 2 is 1.74 bits per heavy atom. The predicted molar refractivity (Wildman–Crippen MR) is 77.9 cm³/mol. The Morgan fingerprint density at radius 3 is 2.42 bits per heavy atom. The lowest BCUT2D eigenvalue weighted by molar-refractivity contribution is 0.345. The van der Waals surface area contributed by atoms with Crippen molar-refractivity contribution in [3.63, 3.8) is 0 Å². The van der Waals surface area contributed by atoms with Crippen LogP contribution in [0.3, 0.4) is 0 Å². The molecule has 0 aromatic heterocycles. The second kappa shape index (κ2) is 7.06. The highest BCUT2D eigenvalue weighted by Crippen LogP contribution is 2.22. The van der Waals surface area contributed by atoms with Crippen LogP contribution >= 0.6 is 0 Å². The Bertz CT molecular complexity index is 464. The predicted octanol–water partition coefficient (Wildman–Crippen LogP) is 2.63. The fraction of sp³-hybridized carbons (Fsp3) is 0.600. The van der Waals surface area contributed by atoms with E-state index in [0.29, 0.717) is 11.4 Å². The lowest BCUT2D eigenvalue weighted by Gasteiger charge is -2.21. The van der Waals surface area contributed by atoms with E-state index in [1.165, 1.54) is 32.1 Å². The molecule has 1 aliphatic carbocycles. The molecule has 0 heterocycles. The van der Waals surface area contributed by atoms with E-state index in [2.05, 4.69) is 5.32 Å². The summed E-state index contributed by atoms with van der Waals surface area (Å²) in [4.78, 5) is 0.425. The van der Waals surface area contributed by atoms with E-state index < -0.39 is 9.84 Å². The molecule has 19 heavy (non-hydrogen) atoms. The van der Waals surface area contributed by atoms with Crippen LogP contribution in [0.2, 0.25) is 0 Å². The summed E-state index contributed by atoms with van der Waals surface area (Å²) in [6.07, 6.45) is 6.60. The van der Waals surface area contributed by atoms with Crippen LogP contribution in [0.5, 0.6) is 0 Å². The standard InChI is InChI=1S/C15H23NO2S/c17-19(18,15-9-5-2-6-10-15)12-11-16-13-14-7-3-1-4-8-14/h2,5-6,9-10,14,16H,1,3-4,7-8,11-13H2. The quantitative estimate of drug-likeness (QED) is 0.815. The van der Waals surface area contributed by atoms with Gasteiger partial charge in [0.25, 0.3) is 0 Å². The van der Waals surface area contributed by atoms with Crippen molar-refractivity contribution in [1.82, 2.24) is 5.32 Å². The summed E-state index contributed by atoms with van der Waals surface area (Å²) in [5.74, 6) is 0.928. The van der Waals surface area contributed by atoms with E-state index in [-0.39, 0.29) is 5.75 Å². The maximum atomic E-state index is 12.0. The number of nitrogens with one attached hydrogen (secondary N) is 1. The molecule has 2 rings (SSSR count). The van der Waals surface area contributed by atoms with Gasteiger partial charge >= 0.3 is 0 Å². The van der Waals surface area contributed by atoms with Crippen molar-refractivity contribution in [2.75, 3.05) is 18.8 Å². The number of sulfone groups is 1. The SMILES string of the molecule is O=S(=O)(CCNCC1CCCCC1)c1ccccc1. The zero-order valence-corrected chi connectivity index (χ0v) is 12.2. The Labute approximate surface area is 116 Å². The van der Waals surface area contributed by atoms with Gasteiger partial charge in [0, 0.05) is 6.54 Å². The first-order valence-electron chi connectivity index (χ1n) is 7.17. The number of hydrogen-bond donors (Lipinski definition) is 1. The van der Waals surface area contributed by atoms with Crippen LogP contribution < -0.4 is 5.32 Å². The third-order valence-electron chi connectivity index (χ3n) is 3.81. The van der Waals surface area contributed by atoms with Gasteiger partial charge in [-0.25, -0.2) is 8.42 Å². The highest BCUT2D eigenvalue weighted by atomic mass is 32.2. The fourth-order valence-corrected chi connectivity index (χ4v) is 3.87. The summed E-state index contributed by atoms with van der Waals surface area (Å²) in [7, 11) is -3.13. The molecule has 1 aromatic rings. The number of hydrogen-bond acceptors (Lipinski definition) is 3. The molecule has 3 nitrogen and oxygen atoms in total. The molecule has 0 radical (unpaired) electrons. The molecule has 1 aromatic carbocycles. The molecule has 0 spiro atoms. The number of rotatable bonds is 6. The molecule has 1 fully saturated rings. The molecular weight excluding hydrogens is 258 g/mol. The van der Waals surface area contributed by atoms with Gasteiger partial charge in [-0.3, -0.25) is 0 Å². The third kappa shape index (κ3) is 4.62. The molecule has 1 saturated carbocycles. The van der Waals surface area contributed by atoms with Crippen LogP contribution in [-0.2, 0) is 9.84 Å². The topological polar surface area (TPSA) is 46.2 Å². The van der Waals surface area contributed by atoms with Crippen LogP contribution in [0.1, 0.15) is 32.1 Å². The molecule has 1 N–H and O–H groups in total. The number of benzene rings is 1. The molecule has 1 aliphatic rings. The van der Waals surface area contributed by atoms with E-state index in [1.807, 2.05) is 6.07 Å². The van der Waals surface area contributed by atoms with Crippen molar-refractivity contribution in [3.05, 3.63) is 30.3 Å². The van der Waals surface area contributed by atoms with Crippen molar-refractivity contribution in [2.45, 2.75) is 37.0 Å². The minimum Gasteiger partial charge on any atom is -0.315 e. The van der Waals surface area contributed by atoms with E-state index in [4.69, 9.17) is 0 Å². The summed E-state index contributed by atoms with van der Waals surface area (Å²) < 4.78 is 24.1. The Kier molecular flexibility index (Phi) is 5.40. The van der Waals surface area contributed by atoms with Gasteiger partial charge in [0.1, 0.15) is 0 Å².